The van der Waals surface area contributed by atoms with E-state index in [1.165, 1.54) is 6.07 Å². The van der Waals surface area contributed by atoms with Crippen LogP contribution in [-0.4, -0.2) is 73.8 Å². The SMILES string of the molecule is CC1=NC2(CCN(C(=O)c3cc4c(-c5cc(F)c6c(c5C)CCCO6)c([C@H](OC(C)(C)C)C(=O)O)c(C)nc4n3C)CC2)N=C1c1ccccc1. The minimum absolute atomic E-state index is 0.177. The molecule has 5 heterocycles. The lowest BCUT2D eigenvalue weighted by molar-refractivity contribution is -0.160. The first-order chi connectivity index (χ1) is 24.2. The molecule has 10 nitrogen and oxygen atoms in total. The van der Waals surface area contributed by atoms with Gasteiger partial charge in [-0.3, -0.25) is 14.8 Å². The average Bonchev–Trinajstić information content (AvgIpc) is 3.60. The van der Waals surface area contributed by atoms with Crippen molar-refractivity contribution in [2.75, 3.05) is 19.7 Å². The van der Waals surface area contributed by atoms with Crippen LogP contribution in [0, 0.1) is 19.7 Å². The third-order valence-electron chi connectivity index (χ3n) is 10.2. The van der Waals surface area contributed by atoms with Crippen molar-refractivity contribution >= 4 is 34.3 Å². The molecular weight excluding hydrogens is 649 g/mol. The van der Waals surface area contributed by atoms with Gasteiger partial charge in [-0.2, -0.15) is 0 Å². The van der Waals surface area contributed by atoms with E-state index < -0.39 is 29.2 Å². The molecule has 0 bridgehead atoms. The second-order valence-corrected chi connectivity index (χ2v) is 14.8. The van der Waals surface area contributed by atoms with Crippen molar-refractivity contribution in [1.82, 2.24) is 14.5 Å². The summed E-state index contributed by atoms with van der Waals surface area (Å²) < 4.78 is 29.5. The van der Waals surface area contributed by atoms with Crippen LogP contribution in [0.3, 0.4) is 0 Å². The zero-order valence-corrected chi connectivity index (χ0v) is 30.3. The molecule has 0 aliphatic carbocycles. The van der Waals surface area contributed by atoms with Gasteiger partial charge in [-0.15, -0.1) is 0 Å². The number of pyridine rings is 1. The third kappa shape index (κ3) is 6.11. The predicted molar refractivity (Wildman–Crippen MR) is 195 cm³/mol. The van der Waals surface area contributed by atoms with Crippen LogP contribution in [0.1, 0.15) is 91.5 Å². The van der Waals surface area contributed by atoms with Gasteiger partial charge in [0, 0.05) is 66.3 Å². The van der Waals surface area contributed by atoms with E-state index >= 15 is 4.39 Å². The Morgan fingerprint density at radius 3 is 2.43 bits per heavy atom. The van der Waals surface area contributed by atoms with Gasteiger partial charge in [0.05, 0.1) is 23.6 Å². The molecule has 0 saturated carbocycles. The molecule has 7 rings (SSSR count). The molecular formula is C40H44FN5O5. The first-order valence-electron chi connectivity index (χ1n) is 17.5. The molecule has 1 saturated heterocycles. The lowest BCUT2D eigenvalue weighted by Gasteiger charge is -2.35. The molecule has 1 spiro atoms. The van der Waals surface area contributed by atoms with Gasteiger partial charge in [0.1, 0.15) is 11.3 Å². The van der Waals surface area contributed by atoms with Crippen molar-refractivity contribution in [1.29, 1.82) is 0 Å². The quantitative estimate of drug-likeness (QED) is 0.229. The summed E-state index contributed by atoms with van der Waals surface area (Å²) in [5.74, 6) is -1.64. The largest absolute Gasteiger partial charge is 0.490 e. The lowest BCUT2D eigenvalue weighted by Crippen LogP contribution is -2.45. The highest BCUT2D eigenvalue weighted by molar-refractivity contribution is 6.48. The number of aliphatic imine (C=N–C) groups is 2. The third-order valence-corrected chi connectivity index (χ3v) is 10.2. The smallest absolute Gasteiger partial charge is 0.337 e. The fourth-order valence-electron chi connectivity index (χ4n) is 7.78. The summed E-state index contributed by atoms with van der Waals surface area (Å²) in [5.41, 5.74) is 5.61. The minimum atomic E-state index is -1.40. The Bertz CT molecular complexity index is 2140. The Kier molecular flexibility index (Phi) is 8.60. The number of aliphatic carboxylic acids is 1. The zero-order valence-electron chi connectivity index (χ0n) is 30.3. The highest BCUT2D eigenvalue weighted by Gasteiger charge is 2.41. The number of amides is 1. The number of fused-ring (bicyclic) bond motifs is 2. The molecule has 1 fully saturated rings. The van der Waals surface area contributed by atoms with E-state index in [1.54, 1.807) is 45.4 Å². The Balaban J connectivity index is 1.32. The summed E-state index contributed by atoms with van der Waals surface area (Å²) >= 11 is 0. The number of nitrogens with zero attached hydrogens (tertiary/aromatic N) is 5. The fourth-order valence-corrected chi connectivity index (χ4v) is 7.78. The molecule has 2 aromatic carbocycles. The molecule has 2 aromatic heterocycles. The van der Waals surface area contributed by atoms with E-state index in [0.29, 0.717) is 78.1 Å². The number of ether oxygens (including phenoxy) is 2. The second-order valence-electron chi connectivity index (χ2n) is 14.8. The highest BCUT2D eigenvalue weighted by Crippen LogP contribution is 2.45. The molecule has 0 unspecified atom stereocenters. The van der Waals surface area contributed by atoms with E-state index in [4.69, 9.17) is 24.4 Å². The maximum Gasteiger partial charge on any atom is 0.337 e. The topological polar surface area (TPSA) is 119 Å². The van der Waals surface area contributed by atoms with Crippen LogP contribution < -0.4 is 4.74 Å². The number of hydrogen-bond acceptors (Lipinski definition) is 7. The number of carboxylic acids is 1. The number of likely N-dealkylation sites (tertiary alicyclic amines) is 1. The summed E-state index contributed by atoms with van der Waals surface area (Å²) in [6, 6.07) is 13.2. The fraction of sp³-hybridized carbons (Fsp3) is 0.425. The number of hydrogen-bond donors (Lipinski definition) is 1. The average molecular weight is 694 g/mol. The first-order valence-corrected chi connectivity index (χ1v) is 17.5. The van der Waals surface area contributed by atoms with Crippen molar-refractivity contribution < 1.29 is 28.6 Å². The Hall–Kier alpha value is -4.90. The minimum Gasteiger partial charge on any atom is -0.490 e. The molecule has 1 N–H and O–H groups in total. The highest BCUT2D eigenvalue weighted by atomic mass is 19.1. The van der Waals surface area contributed by atoms with E-state index in [2.05, 4.69) is 0 Å². The molecule has 4 aromatic rings. The molecule has 1 atom stereocenters. The Labute approximate surface area is 297 Å². The van der Waals surface area contributed by atoms with Crippen molar-refractivity contribution in [3.05, 3.63) is 81.9 Å². The van der Waals surface area contributed by atoms with Gasteiger partial charge in [-0.1, -0.05) is 30.3 Å². The van der Waals surface area contributed by atoms with Crippen LogP contribution in [0.4, 0.5) is 4.39 Å². The van der Waals surface area contributed by atoms with Crippen LogP contribution in [0.15, 0.2) is 52.4 Å². The second kappa shape index (κ2) is 12.7. The van der Waals surface area contributed by atoms with Crippen molar-refractivity contribution in [3.63, 3.8) is 0 Å². The molecule has 1 amide bonds. The van der Waals surface area contributed by atoms with E-state index in [0.717, 1.165) is 34.5 Å². The van der Waals surface area contributed by atoms with Crippen molar-refractivity contribution in [2.24, 2.45) is 17.0 Å². The maximum absolute atomic E-state index is 15.8. The summed E-state index contributed by atoms with van der Waals surface area (Å²) in [5, 5.41) is 11.1. The normalized spacial score (nSPS) is 17.6. The molecule has 51 heavy (non-hydrogen) atoms. The van der Waals surface area contributed by atoms with Gasteiger partial charge in [0.25, 0.3) is 5.91 Å². The number of aromatic nitrogens is 2. The number of carboxylic acid groups (broad SMARTS) is 1. The summed E-state index contributed by atoms with van der Waals surface area (Å²) in [7, 11) is 1.78. The predicted octanol–water partition coefficient (Wildman–Crippen LogP) is 7.16. The van der Waals surface area contributed by atoms with Gasteiger partial charge in [0.15, 0.2) is 23.3 Å². The van der Waals surface area contributed by atoms with Crippen LogP contribution >= 0.6 is 0 Å². The Morgan fingerprint density at radius 1 is 1.06 bits per heavy atom. The number of aryl methyl sites for hydroxylation is 2. The van der Waals surface area contributed by atoms with Gasteiger partial charge in [-0.05, 0) is 77.6 Å². The maximum atomic E-state index is 15.8. The van der Waals surface area contributed by atoms with E-state index in [-0.39, 0.29) is 11.7 Å². The van der Waals surface area contributed by atoms with Crippen LogP contribution in [0.2, 0.25) is 0 Å². The number of rotatable bonds is 6. The summed E-state index contributed by atoms with van der Waals surface area (Å²) in [6.45, 7) is 12.4. The lowest BCUT2D eigenvalue weighted by atomic mass is 9.86. The van der Waals surface area contributed by atoms with Crippen molar-refractivity contribution in [2.45, 2.75) is 84.6 Å². The van der Waals surface area contributed by atoms with E-state index in [9.17, 15) is 14.7 Å². The van der Waals surface area contributed by atoms with E-state index in [1.807, 2.05) is 49.1 Å². The zero-order chi connectivity index (χ0) is 36.4. The molecule has 266 valence electrons. The molecule has 3 aliphatic rings. The van der Waals surface area contributed by atoms with Crippen molar-refractivity contribution in [3.8, 4) is 16.9 Å². The van der Waals surface area contributed by atoms with Gasteiger partial charge in [-0.25, -0.2) is 14.2 Å². The van der Waals surface area contributed by atoms with Crippen LogP contribution in [0.5, 0.6) is 5.75 Å². The molecule has 11 heteroatoms. The van der Waals surface area contributed by atoms with Crippen LogP contribution in [0.25, 0.3) is 22.2 Å². The number of piperidine rings is 1. The number of benzene rings is 2. The van der Waals surface area contributed by atoms with Gasteiger partial charge < -0.3 is 24.0 Å². The summed E-state index contributed by atoms with van der Waals surface area (Å²) in [6.07, 6.45) is 1.14. The number of halogens is 1. The van der Waals surface area contributed by atoms with Crippen LogP contribution in [-0.2, 0) is 23.0 Å². The molecule has 0 radical (unpaired) electrons. The first kappa shape index (κ1) is 34.5. The number of carbonyl (C=O) groups excluding carboxylic acids is 1. The number of carbonyl (C=O) groups is 2. The molecule has 3 aliphatic heterocycles. The van der Waals surface area contributed by atoms with Gasteiger partial charge >= 0.3 is 5.97 Å². The summed E-state index contributed by atoms with van der Waals surface area (Å²) in [4.78, 5) is 44.0. The standard InChI is InChI=1S/C40H44FN5O5/c1-22-26-14-11-19-50-34(26)29(41)20-27(22)32-28-21-30(45(7)36(28)42-23(2)31(32)35(38(48)49)51-39(4,5)6)37(47)46-17-15-40(16-18-46)43-24(3)33(44-40)25-12-9-8-10-13-25/h8-10,12-13,20-21,35H,11,14-19H2,1-7H3,(H,48,49)/t35-/m0/s1. The Morgan fingerprint density at radius 2 is 1.76 bits per heavy atom. The monoisotopic (exact) mass is 693 g/mol. The van der Waals surface area contributed by atoms with Gasteiger partial charge in [0.2, 0.25) is 0 Å².